The Morgan fingerprint density at radius 2 is 1.96 bits per heavy atom. The first-order valence-electron chi connectivity index (χ1n) is 8.28. The number of benzene rings is 1. The lowest BCUT2D eigenvalue weighted by atomic mass is 10.1. The summed E-state index contributed by atoms with van der Waals surface area (Å²) in [6, 6.07) is 12.0. The molecule has 0 unspecified atom stereocenters. The van der Waals surface area contributed by atoms with E-state index in [-0.39, 0.29) is 18.8 Å². The van der Waals surface area contributed by atoms with Crippen LogP contribution in [0.5, 0.6) is 0 Å². The smallest absolute Gasteiger partial charge is 0.274 e. The average molecular weight is 366 g/mol. The molecule has 3 N–H and O–H groups in total. The highest BCUT2D eigenvalue weighted by molar-refractivity contribution is 5.63. The van der Waals surface area contributed by atoms with Crippen molar-refractivity contribution in [2.24, 2.45) is 0 Å². The van der Waals surface area contributed by atoms with Gasteiger partial charge in [0.25, 0.3) is 5.69 Å². The first-order chi connectivity index (χ1) is 13.2. The fraction of sp³-hybridized carbons (Fsp3) is 0.167. The Balaban J connectivity index is 1.87. The molecule has 0 aliphatic heterocycles. The fourth-order valence-corrected chi connectivity index (χ4v) is 2.47. The number of nitrogens with zero attached hydrogens (tertiary/aromatic N) is 4. The van der Waals surface area contributed by atoms with Gasteiger partial charge in [0.2, 0.25) is 5.95 Å². The zero-order chi connectivity index (χ0) is 19.1. The summed E-state index contributed by atoms with van der Waals surface area (Å²) < 4.78 is 0. The second kappa shape index (κ2) is 8.68. The van der Waals surface area contributed by atoms with Crippen LogP contribution in [0.1, 0.15) is 5.56 Å². The first-order valence-corrected chi connectivity index (χ1v) is 8.28. The number of aliphatic hydroxyl groups is 1. The number of nitro benzene ring substituents is 1. The third-order valence-corrected chi connectivity index (χ3v) is 3.73. The van der Waals surface area contributed by atoms with Gasteiger partial charge in [0.1, 0.15) is 5.82 Å². The molecule has 138 valence electrons. The van der Waals surface area contributed by atoms with E-state index in [1.807, 2.05) is 6.07 Å². The molecule has 0 aliphatic carbocycles. The van der Waals surface area contributed by atoms with Crippen molar-refractivity contribution in [1.82, 2.24) is 15.0 Å². The highest BCUT2D eigenvalue weighted by Crippen LogP contribution is 2.23. The number of hydrogen-bond acceptors (Lipinski definition) is 8. The van der Waals surface area contributed by atoms with Crippen LogP contribution in [0.25, 0.3) is 11.3 Å². The predicted octanol–water partition coefficient (Wildman–Crippen LogP) is 2.46. The van der Waals surface area contributed by atoms with E-state index in [1.165, 1.54) is 6.07 Å². The first kappa shape index (κ1) is 18.2. The number of hydrogen-bond donors (Lipinski definition) is 3. The molecule has 0 saturated heterocycles. The van der Waals surface area contributed by atoms with Crippen LogP contribution in [0.15, 0.2) is 54.9 Å². The molecule has 3 rings (SSSR count). The quantitative estimate of drug-likeness (QED) is 0.410. The van der Waals surface area contributed by atoms with Crippen LogP contribution in [0.2, 0.25) is 0 Å². The standard InChI is InChI=1S/C18H18N6O3/c25-9-8-20-18-22-15(13-5-3-7-19-11-13)10-17(23-18)21-12-14-4-1-2-6-16(14)24(26)27/h1-7,10-11,25H,8-9,12H2,(H2,20,21,22,23). The molecule has 27 heavy (non-hydrogen) atoms. The molecule has 9 nitrogen and oxygen atoms in total. The molecule has 0 fully saturated rings. The number of nitro groups is 1. The summed E-state index contributed by atoms with van der Waals surface area (Å²) in [5, 5.41) is 26.2. The van der Waals surface area contributed by atoms with Crippen molar-refractivity contribution in [1.29, 1.82) is 0 Å². The van der Waals surface area contributed by atoms with Crippen molar-refractivity contribution in [2.75, 3.05) is 23.8 Å². The van der Waals surface area contributed by atoms with Gasteiger partial charge in [0.05, 0.1) is 17.2 Å². The van der Waals surface area contributed by atoms with Crippen LogP contribution in [0.4, 0.5) is 17.5 Å². The molecule has 0 atom stereocenters. The number of anilines is 2. The van der Waals surface area contributed by atoms with E-state index in [9.17, 15) is 10.1 Å². The van der Waals surface area contributed by atoms with Gasteiger partial charge < -0.3 is 15.7 Å². The highest BCUT2D eigenvalue weighted by atomic mass is 16.6. The molecule has 0 amide bonds. The summed E-state index contributed by atoms with van der Waals surface area (Å²) >= 11 is 0. The number of pyridine rings is 1. The Hall–Kier alpha value is -3.59. The lowest BCUT2D eigenvalue weighted by Crippen LogP contribution is -2.11. The van der Waals surface area contributed by atoms with Crippen LogP contribution in [0, 0.1) is 10.1 Å². The molecule has 0 radical (unpaired) electrons. The zero-order valence-electron chi connectivity index (χ0n) is 14.4. The SMILES string of the molecule is O=[N+]([O-])c1ccccc1CNc1cc(-c2cccnc2)nc(NCCO)n1. The van der Waals surface area contributed by atoms with E-state index in [0.717, 1.165) is 5.56 Å². The lowest BCUT2D eigenvalue weighted by molar-refractivity contribution is -0.385. The van der Waals surface area contributed by atoms with Gasteiger partial charge in [-0.1, -0.05) is 18.2 Å². The van der Waals surface area contributed by atoms with Gasteiger partial charge in [-0.25, -0.2) is 4.98 Å². The van der Waals surface area contributed by atoms with Crippen molar-refractivity contribution in [3.63, 3.8) is 0 Å². The summed E-state index contributed by atoms with van der Waals surface area (Å²) in [6.45, 7) is 0.486. The van der Waals surface area contributed by atoms with E-state index in [2.05, 4.69) is 25.6 Å². The molecule has 0 saturated carbocycles. The van der Waals surface area contributed by atoms with Crippen LogP contribution in [-0.2, 0) is 6.54 Å². The molecule has 2 aromatic heterocycles. The van der Waals surface area contributed by atoms with Crippen molar-refractivity contribution in [2.45, 2.75) is 6.54 Å². The van der Waals surface area contributed by atoms with Crippen LogP contribution in [-0.4, -0.2) is 38.1 Å². The topological polar surface area (TPSA) is 126 Å². The minimum absolute atomic E-state index is 0.0465. The predicted molar refractivity (Wildman–Crippen MR) is 101 cm³/mol. The summed E-state index contributed by atoms with van der Waals surface area (Å²) in [4.78, 5) is 23.6. The van der Waals surface area contributed by atoms with Crippen molar-refractivity contribution >= 4 is 17.5 Å². The van der Waals surface area contributed by atoms with Crippen LogP contribution < -0.4 is 10.6 Å². The normalized spacial score (nSPS) is 10.4. The highest BCUT2D eigenvalue weighted by Gasteiger charge is 2.13. The Kier molecular flexibility index (Phi) is 5.85. The second-order valence-corrected chi connectivity index (χ2v) is 5.59. The molecule has 3 aromatic rings. The summed E-state index contributed by atoms with van der Waals surface area (Å²) in [5.41, 5.74) is 2.04. The van der Waals surface area contributed by atoms with Gasteiger partial charge in [0, 0.05) is 48.7 Å². The molecule has 0 bridgehead atoms. The van der Waals surface area contributed by atoms with Crippen molar-refractivity contribution in [3.8, 4) is 11.3 Å². The summed E-state index contributed by atoms with van der Waals surface area (Å²) in [7, 11) is 0. The van der Waals surface area contributed by atoms with Gasteiger partial charge in [-0.15, -0.1) is 0 Å². The van der Waals surface area contributed by atoms with E-state index in [4.69, 9.17) is 5.11 Å². The summed E-state index contributed by atoms with van der Waals surface area (Å²) in [6.07, 6.45) is 3.35. The molecular weight excluding hydrogens is 348 g/mol. The Morgan fingerprint density at radius 1 is 1.11 bits per heavy atom. The number of aliphatic hydroxyl groups excluding tert-OH is 1. The van der Waals surface area contributed by atoms with Gasteiger partial charge in [-0.05, 0) is 12.1 Å². The molecule has 1 aromatic carbocycles. The number of aromatic nitrogens is 3. The van der Waals surface area contributed by atoms with Crippen LogP contribution in [0.3, 0.4) is 0 Å². The molecule has 2 heterocycles. The number of para-hydroxylation sites is 1. The van der Waals surface area contributed by atoms with E-state index < -0.39 is 4.92 Å². The monoisotopic (exact) mass is 366 g/mol. The fourth-order valence-electron chi connectivity index (χ4n) is 2.47. The van der Waals surface area contributed by atoms with Crippen molar-refractivity contribution in [3.05, 3.63) is 70.5 Å². The maximum absolute atomic E-state index is 11.2. The van der Waals surface area contributed by atoms with Crippen LogP contribution >= 0.6 is 0 Å². The Morgan fingerprint density at radius 3 is 2.70 bits per heavy atom. The molecule has 0 spiro atoms. The second-order valence-electron chi connectivity index (χ2n) is 5.59. The largest absolute Gasteiger partial charge is 0.395 e. The number of rotatable bonds is 8. The maximum atomic E-state index is 11.2. The lowest BCUT2D eigenvalue weighted by Gasteiger charge is -2.11. The van der Waals surface area contributed by atoms with Gasteiger partial charge >= 0.3 is 0 Å². The van der Waals surface area contributed by atoms with Crippen molar-refractivity contribution < 1.29 is 10.0 Å². The molecule has 0 aliphatic rings. The maximum Gasteiger partial charge on any atom is 0.274 e. The van der Waals surface area contributed by atoms with E-state index in [1.54, 1.807) is 42.7 Å². The zero-order valence-corrected chi connectivity index (χ0v) is 14.4. The molecular formula is C18H18N6O3. The minimum atomic E-state index is -0.410. The Bertz CT molecular complexity index is 920. The third kappa shape index (κ3) is 4.73. The van der Waals surface area contributed by atoms with E-state index in [0.29, 0.717) is 29.6 Å². The van der Waals surface area contributed by atoms with Gasteiger partial charge in [-0.3, -0.25) is 15.1 Å². The molecule has 9 heteroatoms. The van der Waals surface area contributed by atoms with E-state index >= 15 is 0 Å². The average Bonchev–Trinajstić information content (AvgIpc) is 2.71. The summed E-state index contributed by atoms with van der Waals surface area (Å²) in [5.74, 6) is 0.845. The Labute approximate surface area is 155 Å². The number of nitrogens with one attached hydrogen (secondary N) is 2. The third-order valence-electron chi connectivity index (χ3n) is 3.73. The van der Waals surface area contributed by atoms with Gasteiger partial charge in [0.15, 0.2) is 0 Å². The van der Waals surface area contributed by atoms with Gasteiger partial charge in [-0.2, -0.15) is 4.98 Å². The minimum Gasteiger partial charge on any atom is -0.395 e.